The Morgan fingerprint density at radius 2 is 1.29 bits per heavy atom. The van der Waals surface area contributed by atoms with Crippen molar-refractivity contribution >= 4 is 11.1 Å². The second-order valence-electron chi connectivity index (χ2n) is 4.90. The molecule has 0 amide bonds. The van der Waals surface area contributed by atoms with Crippen molar-refractivity contribution in [3.8, 4) is 22.6 Å². The summed E-state index contributed by atoms with van der Waals surface area (Å²) in [4.78, 5) is 4.69. The largest absolute Gasteiger partial charge is 0.436 e. The molecule has 2 nitrogen and oxygen atoms in total. The third-order valence-corrected chi connectivity index (χ3v) is 3.52. The summed E-state index contributed by atoms with van der Waals surface area (Å²) in [5.74, 6) is 0.661. The molecular formula is C19H13NO. The summed E-state index contributed by atoms with van der Waals surface area (Å²) in [5.41, 5.74) is 4.96. The molecule has 2 heteroatoms. The standard InChI is InChI=1S/C19H13NO/c1-3-8-14(9-4-1)16-12-7-13-17-18(16)20-19(21-17)15-10-5-2-6-11-15/h1-13H. The van der Waals surface area contributed by atoms with E-state index in [0.29, 0.717) is 5.89 Å². The van der Waals surface area contributed by atoms with Crippen molar-refractivity contribution < 1.29 is 4.42 Å². The molecule has 1 heterocycles. The van der Waals surface area contributed by atoms with Gasteiger partial charge in [0.25, 0.3) is 0 Å². The van der Waals surface area contributed by atoms with Crippen LogP contribution in [0, 0.1) is 0 Å². The molecule has 0 aliphatic carbocycles. The summed E-state index contributed by atoms with van der Waals surface area (Å²) in [6.07, 6.45) is 0. The van der Waals surface area contributed by atoms with Gasteiger partial charge in [0.05, 0.1) is 0 Å². The Hall–Kier alpha value is -2.87. The Bertz CT molecular complexity index is 879. The Morgan fingerprint density at radius 3 is 2.00 bits per heavy atom. The van der Waals surface area contributed by atoms with E-state index in [4.69, 9.17) is 9.40 Å². The molecule has 0 saturated heterocycles. The molecule has 0 N–H and O–H groups in total. The van der Waals surface area contributed by atoms with E-state index >= 15 is 0 Å². The molecule has 1 aromatic heterocycles. The third-order valence-electron chi connectivity index (χ3n) is 3.52. The van der Waals surface area contributed by atoms with Gasteiger partial charge in [-0.3, -0.25) is 0 Å². The molecule has 3 aromatic carbocycles. The number of rotatable bonds is 2. The van der Waals surface area contributed by atoms with Crippen LogP contribution in [-0.4, -0.2) is 4.98 Å². The van der Waals surface area contributed by atoms with Crippen LogP contribution in [0.3, 0.4) is 0 Å². The topological polar surface area (TPSA) is 26.0 Å². The molecule has 0 radical (unpaired) electrons. The average Bonchev–Trinajstić information content (AvgIpc) is 3.00. The highest BCUT2D eigenvalue weighted by molar-refractivity contribution is 5.92. The van der Waals surface area contributed by atoms with Crippen LogP contribution < -0.4 is 0 Å². The van der Waals surface area contributed by atoms with Gasteiger partial charge in [0.2, 0.25) is 5.89 Å². The number of fused-ring (bicyclic) bond motifs is 1. The van der Waals surface area contributed by atoms with Gasteiger partial charge in [-0.1, -0.05) is 60.7 Å². The average molecular weight is 271 g/mol. The van der Waals surface area contributed by atoms with Gasteiger partial charge in [0.1, 0.15) is 5.52 Å². The molecule has 21 heavy (non-hydrogen) atoms. The van der Waals surface area contributed by atoms with Gasteiger partial charge in [0.15, 0.2) is 5.58 Å². The van der Waals surface area contributed by atoms with Crippen LogP contribution in [0.2, 0.25) is 0 Å². The lowest BCUT2D eigenvalue weighted by Gasteiger charge is -2.00. The minimum Gasteiger partial charge on any atom is -0.436 e. The van der Waals surface area contributed by atoms with E-state index in [1.165, 1.54) is 0 Å². The highest BCUT2D eigenvalue weighted by Crippen LogP contribution is 2.31. The maximum absolute atomic E-state index is 5.91. The molecule has 100 valence electrons. The first kappa shape index (κ1) is 11.9. The minimum absolute atomic E-state index is 0.661. The van der Waals surface area contributed by atoms with Gasteiger partial charge in [-0.15, -0.1) is 0 Å². The Morgan fingerprint density at radius 1 is 0.619 bits per heavy atom. The maximum Gasteiger partial charge on any atom is 0.227 e. The molecule has 0 aliphatic heterocycles. The molecule has 0 aliphatic rings. The fraction of sp³-hybridized carbons (Fsp3) is 0. The van der Waals surface area contributed by atoms with Crippen LogP contribution in [0.5, 0.6) is 0 Å². The normalized spacial score (nSPS) is 10.9. The lowest BCUT2D eigenvalue weighted by Crippen LogP contribution is -1.80. The molecular weight excluding hydrogens is 258 g/mol. The molecule has 0 saturated carbocycles. The first-order valence-corrected chi connectivity index (χ1v) is 6.92. The van der Waals surface area contributed by atoms with Crippen molar-refractivity contribution in [2.45, 2.75) is 0 Å². The molecule has 4 aromatic rings. The van der Waals surface area contributed by atoms with E-state index in [-0.39, 0.29) is 0 Å². The fourth-order valence-corrected chi connectivity index (χ4v) is 2.50. The van der Waals surface area contributed by atoms with E-state index in [0.717, 1.165) is 27.8 Å². The summed E-state index contributed by atoms with van der Waals surface area (Å²) in [6.45, 7) is 0. The maximum atomic E-state index is 5.91. The predicted molar refractivity (Wildman–Crippen MR) is 84.9 cm³/mol. The van der Waals surface area contributed by atoms with E-state index in [1.54, 1.807) is 0 Å². The van der Waals surface area contributed by atoms with E-state index in [9.17, 15) is 0 Å². The third kappa shape index (κ3) is 2.11. The van der Waals surface area contributed by atoms with Crippen molar-refractivity contribution in [3.63, 3.8) is 0 Å². The summed E-state index contributed by atoms with van der Waals surface area (Å²) >= 11 is 0. The van der Waals surface area contributed by atoms with Crippen LogP contribution >= 0.6 is 0 Å². The summed E-state index contributed by atoms with van der Waals surface area (Å²) in [6, 6.07) is 26.3. The zero-order valence-electron chi connectivity index (χ0n) is 11.4. The van der Waals surface area contributed by atoms with Crippen molar-refractivity contribution in [2.24, 2.45) is 0 Å². The van der Waals surface area contributed by atoms with Crippen LogP contribution in [0.25, 0.3) is 33.7 Å². The van der Waals surface area contributed by atoms with Gasteiger partial charge in [-0.2, -0.15) is 0 Å². The fourth-order valence-electron chi connectivity index (χ4n) is 2.50. The van der Waals surface area contributed by atoms with Crippen LogP contribution in [0.1, 0.15) is 0 Å². The molecule has 0 bridgehead atoms. The summed E-state index contributed by atoms with van der Waals surface area (Å²) in [7, 11) is 0. The second-order valence-corrected chi connectivity index (χ2v) is 4.90. The van der Waals surface area contributed by atoms with Crippen molar-refractivity contribution in [2.75, 3.05) is 0 Å². The number of nitrogens with zero attached hydrogens (tertiary/aromatic N) is 1. The highest BCUT2D eigenvalue weighted by Gasteiger charge is 2.11. The number of hydrogen-bond acceptors (Lipinski definition) is 2. The van der Waals surface area contributed by atoms with Gasteiger partial charge >= 0.3 is 0 Å². The number of benzene rings is 3. The Labute approximate surface area is 122 Å². The molecule has 0 atom stereocenters. The lowest BCUT2D eigenvalue weighted by atomic mass is 10.0. The number of para-hydroxylation sites is 1. The number of oxazole rings is 1. The zero-order chi connectivity index (χ0) is 14.1. The van der Waals surface area contributed by atoms with E-state index < -0.39 is 0 Å². The molecule has 0 fully saturated rings. The van der Waals surface area contributed by atoms with Crippen LogP contribution in [0.4, 0.5) is 0 Å². The smallest absolute Gasteiger partial charge is 0.227 e. The number of aromatic nitrogens is 1. The Balaban J connectivity index is 1.93. The highest BCUT2D eigenvalue weighted by atomic mass is 16.3. The van der Waals surface area contributed by atoms with Crippen LogP contribution in [-0.2, 0) is 0 Å². The zero-order valence-corrected chi connectivity index (χ0v) is 11.4. The molecule has 4 rings (SSSR count). The van der Waals surface area contributed by atoms with E-state index in [1.807, 2.05) is 60.7 Å². The van der Waals surface area contributed by atoms with Gasteiger partial charge in [0, 0.05) is 11.1 Å². The van der Waals surface area contributed by atoms with Gasteiger partial charge < -0.3 is 4.42 Å². The van der Waals surface area contributed by atoms with Crippen molar-refractivity contribution in [1.29, 1.82) is 0 Å². The monoisotopic (exact) mass is 271 g/mol. The molecule has 0 unspecified atom stereocenters. The first-order chi connectivity index (χ1) is 10.4. The van der Waals surface area contributed by atoms with Gasteiger partial charge in [-0.25, -0.2) is 4.98 Å². The molecule has 0 spiro atoms. The van der Waals surface area contributed by atoms with Crippen molar-refractivity contribution in [3.05, 3.63) is 78.9 Å². The second kappa shape index (κ2) is 4.91. The first-order valence-electron chi connectivity index (χ1n) is 6.92. The van der Waals surface area contributed by atoms with E-state index in [2.05, 4.69) is 18.2 Å². The summed E-state index contributed by atoms with van der Waals surface area (Å²) < 4.78 is 5.91. The number of hydrogen-bond donors (Lipinski definition) is 0. The minimum atomic E-state index is 0.661. The Kier molecular flexibility index (Phi) is 2.79. The lowest BCUT2D eigenvalue weighted by molar-refractivity contribution is 0.620. The summed E-state index contributed by atoms with van der Waals surface area (Å²) in [5, 5.41) is 0. The van der Waals surface area contributed by atoms with Crippen LogP contribution in [0.15, 0.2) is 83.3 Å². The van der Waals surface area contributed by atoms with Crippen molar-refractivity contribution in [1.82, 2.24) is 4.98 Å². The quantitative estimate of drug-likeness (QED) is 0.503. The predicted octanol–water partition coefficient (Wildman–Crippen LogP) is 5.16. The SMILES string of the molecule is c1ccc(-c2nc3c(-c4ccccc4)cccc3o2)cc1. The van der Waals surface area contributed by atoms with Gasteiger partial charge in [-0.05, 0) is 23.8 Å².